The molecule has 0 saturated carbocycles. The number of aromatic nitrogens is 1. The van der Waals surface area contributed by atoms with Gasteiger partial charge in [-0.3, -0.25) is 4.79 Å². The average Bonchev–Trinajstić information content (AvgIpc) is 2.88. The van der Waals surface area contributed by atoms with Gasteiger partial charge in [0, 0.05) is 37.3 Å². The van der Waals surface area contributed by atoms with Gasteiger partial charge in [-0.25, -0.2) is 0 Å². The van der Waals surface area contributed by atoms with Gasteiger partial charge in [0.2, 0.25) is 5.91 Å². The minimum atomic E-state index is 0.0164. The van der Waals surface area contributed by atoms with Crippen LogP contribution in [0.4, 0.5) is 0 Å². The highest BCUT2D eigenvalue weighted by atomic mass is 16.5. The van der Waals surface area contributed by atoms with Gasteiger partial charge in [0.15, 0.2) is 0 Å². The molecule has 0 aliphatic heterocycles. The zero-order valence-corrected chi connectivity index (χ0v) is 12.7. The summed E-state index contributed by atoms with van der Waals surface area (Å²) in [5.74, 6) is 0.0164. The largest absolute Gasteiger partial charge is 0.383 e. The number of rotatable bonds is 8. The Labute approximate surface area is 125 Å². The van der Waals surface area contributed by atoms with Crippen molar-refractivity contribution in [2.75, 3.05) is 33.4 Å². The minimum Gasteiger partial charge on any atom is -0.383 e. The number of nitrogens with one attached hydrogen (secondary N) is 3. The van der Waals surface area contributed by atoms with Crippen LogP contribution in [0.25, 0.3) is 10.9 Å². The highest BCUT2D eigenvalue weighted by Gasteiger charge is 2.06. The van der Waals surface area contributed by atoms with Crippen molar-refractivity contribution in [1.29, 1.82) is 0 Å². The standard InChI is InChI=1S/C16H23N3O2/c1-12-4-3-5-14-16(12)13(10-19-14)6-7-18-15(20)11-17-8-9-21-2/h3-5,10,17,19H,6-9,11H2,1-2H3,(H,18,20). The van der Waals surface area contributed by atoms with Gasteiger partial charge in [0.1, 0.15) is 0 Å². The molecule has 0 fully saturated rings. The number of hydrogen-bond acceptors (Lipinski definition) is 3. The zero-order chi connectivity index (χ0) is 15.1. The van der Waals surface area contributed by atoms with Gasteiger partial charge in [-0.05, 0) is 30.5 Å². The van der Waals surface area contributed by atoms with Crippen LogP contribution < -0.4 is 10.6 Å². The van der Waals surface area contributed by atoms with E-state index in [1.54, 1.807) is 7.11 Å². The molecule has 1 heterocycles. The Morgan fingerprint density at radius 2 is 2.19 bits per heavy atom. The van der Waals surface area contributed by atoms with Gasteiger partial charge < -0.3 is 20.4 Å². The molecule has 114 valence electrons. The summed E-state index contributed by atoms with van der Waals surface area (Å²) >= 11 is 0. The molecule has 0 aliphatic rings. The second kappa shape index (κ2) is 7.81. The first-order valence-corrected chi connectivity index (χ1v) is 7.24. The van der Waals surface area contributed by atoms with E-state index in [9.17, 15) is 4.79 Å². The molecule has 0 unspecified atom stereocenters. The number of H-pyrrole nitrogens is 1. The summed E-state index contributed by atoms with van der Waals surface area (Å²) in [4.78, 5) is 14.9. The average molecular weight is 289 g/mol. The topological polar surface area (TPSA) is 66.2 Å². The van der Waals surface area contributed by atoms with Crippen molar-refractivity contribution >= 4 is 16.8 Å². The molecule has 0 spiro atoms. The highest BCUT2D eigenvalue weighted by Crippen LogP contribution is 2.22. The van der Waals surface area contributed by atoms with Crippen LogP contribution in [-0.2, 0) is 16.0 Å². The van der Waals surface area contributed by atoms with Crippen molar-refractivity contribution in [2.45, 2.75) is 13.3 Å². The van der Waals surface area contributed by atoms with E-state index in [-0.39, 0.29) is 5.91 Å². The van der Waals surface area contributed by atoms with Crippen LogP contribution in [0, 0.1) is 6.92 Å². The maximum absolute atomic E-state index is 11.6. The fourth-order valence-corrected chi connectivity index (χ4v) is 2.42. The van der Waals surface area contributed by atoms with Crippen LogP contribution in [0.1, 0.15) is 11.1 Å². The van der Waals surface area contributed by atoms with Crippen LogP contribution in [0.5, 0.6) is 0 Å². The molecule has 0 bridgehead atoms. The lowest BCUT2D eigenvalue weighted by molar-refractivity contribution is -0.120. The van der Waals surface area contributed by atoms with E-state index in [0.717, 1.165) is 11.9 Å². The fraction of sp³-hybridized carbons (Fsp3) is 0.438. The van der Waals surface area contributed by atoms with E-state index in [1.165, 1.54) is 16.5 Å². The van der Waals surface area contributed by atoms with E-state index in [4.69, 9.17) is 4.74 Å². The van der Waals surface area contributed by atoms with E-state index in [0.29, 0.717) is 26.2 Å². The number of carbonyl (C=O) groups is 1. The molecule has 3 N–H and O–H groups in total. The molecule has 1 aromatic heterocycles. The lowest BCUT2D eigenvalue weighted by Gasteiger charge is -2.06. The van der Waals surface area contributed by atoms with Crippen molar-refractivity contribution in [3.8, 4) is 0 Å². The molecule has 0 aliphatic carbocycles. The Morgan fingerprint density at radius 1 is 1.33 bits per heavy atom. The predicted octanol–water partition coefficient (Wildman–Crippen LogP) is 1.37. The monoisotopic (exact) mass is 289 g/mol. The number of ether oxygens (including phenoxy) is 1. The van der Waals surface area contributed by atoms with Gasteiger partial charge in [0.05, 0.1) is 13.2 Å². The maximum atomic E-state index is 11.6. The first-order chi connectivity index (χ1) is 10.2. The predicted molar refractivity (Wildman–Crippen MR) is 84.5 cm³/mol. The third kappa shape index (κ3) is 4.31. The van der Waals surface area contributed by atoms with E-state index in [2.05, 4.69) is 34.7 Å². The summed E-state index contributed by atoms with van der Waals surface area (Å²) in [5, 5.41) is 7.22. The molecular formula is C16H23N3O2. The van der Waals surface area contributed by atoms with Crippen molar-refractivity contribution in [2.24, 2.45) is 0 Å². The minimum absolute atomic E-state index is 0.0164. The Morgan fingerprint density at radius 3 is 3.00 bits per heavy atom. The molecule has 1 aromatic carbocycles. The van der Waals surface area contributed by atoms with E-state index < -0.39 is 0 Å². The molecule has 0 atom stereocenters. The molecule has 5 nitrogen and oxygen atoms in total. The normalized spacial score (nSPS) is 11.0. The van der Waals surface area contributed by atoms with Crippen molar-refractivity contribution in [3.05, 3.63) is 35.5 Å². The second-order valence-electron chi connectivity index (χ2n) is 5.08. The lowest BCUT2D eigenvalue weighted by Crippen LogP contribution is -2.36. The molecule has 2 rings (SSSR count). The number of aryl methyl sites for hydroxylation is 1. The number of benzene rings is 1. The highest BCUT2D eigenvalue weighted by molar-refractivity contribution is 5.86. The van der Waals surface area contributed by atoms with Gasteiger partial charge >= 0.3 is 0 Å². The molecular weight excluding hydrogens is 266 g/mol. The number of hydrogen-bond donors (Lipinski definition) is 3. The summed E-state index contributed by atoms with van der Waals surface area (Å²) < 4.78 is 4.91. The molecule has 0 radical (unpaired) electrons. The number of aromatic amines is 1. The van der Waals surface area contributed by atoms with Crippen molar-refractivity contribution < 1.29 is 9.53 Å². The van der Waals surface area contributed by atoms with Crippen LogP contribution in [-0.4, -0.2) is 44.2 Å². The second-order valence-corrected chi connectivity index (χ2v) is 5.08. The van der Waals surface area contributed by atoms with Crippen molar-refractivity contribution in [3.63, 3.8) is 0 Å². The molecule has 2 aromatic rings. The summed E-state index contributed by atoms with van der Waals surface area (Å²) in [6.45, 7) is 4.38. The zero-order valence-electron chi connectivity index (χ0n) is 12.7. The number of methoxy groups -OCH3 is 1. The number of amides is 1. The Bertz CT molecular complexity index is 592. The number of fused-ring (bicyclic) bond motifs is 1. The molecule has 0 saturated heterocycles. The summed E-state index contributed by atoms with van der Waals surface area (Å²) in [7, 11) is 1.64. The summed E-state index contributed by atoms with van der Waals surface area (Å²) in [6.07, 6.45) is 2.86. The van der Waals surface area contributed by atoms with Crippen LogP contribution >= 0.6 is 0 Å². The van der Waals surface area contributed by atoms with Crippen LogP contribution in [0.3, 0.4) is 0 Å². The molecule has 5 heteroatoms. The van der Waals surface area contributed by atoms with Crippen molar-refractivity contribution in [1.82, 2.24) is 15.6 Å². The Balaban J connectivity index is 1.79. The molecule has 21 heavy (non-hydrogen) atoms. The quantitative estimate of drug-likeness (QED) is 0.643. The van der Waals surface area contributed by atoms with Gasteiger partial charge in [-0.2, -0.15) is 0 Å². The van der Waals surface area contributed by atoms with Crippen LogP contribution in [0.15, 0.2) is 24.4 Å². The SMILES string of the molecule is COCCNCC(=O)NCCc1c[nH]c2cccc(C)c12. The third-order valence-corrected chi connectivity index (χ3v) is 3.48. The first kappa shape index (κ1) is 15.5. The smallest absolute Gasteiger partial charge is 0.233 e. The first-order valence-electron chi connectivity index (χ1n) is 7.24. The Hall–Kier alpha value is -1.85. The fourth-order valence-electron chi connectivity index (χ4n) is 2.42. The van der Waals surface area contributed by atoms with Gasteiger partial charge in [-0.15, -0.1) is 0 Å². The van der Waals surface area contributed by atoms with Crippen LogP contribution in [0.2, 0.25) is 0 Å². The van der Waals surface area contributed by atoms with Gasteiger partial charge in [0.25, 0.3) is 0 Å². The third-order valence-electron chi connectivity index (χ3n) is 3.48. The number of carbonyl (C=O) groups excluding carboxylic acids is 1. The summed E-state index contributed by atoms with van der Waals surface area (Å²) in [5.41, 5.74) is 3.66. The Kier molecular flexibility index (Phi) is 5.78. The van der Waals surface area contributed by atoms with E-state index in [1.807, 2.05) is 12.3 Å². The maximum Gasteiger partial charge on any atom is 0.233 e. The van der Waals surface area contributed by atoms with Gasteiger partial charge in [-0.1, -0.05) is 12.1 Å². The lowest BCUT2D eigenvalue weighted by atomic mass is 10.1. The van der Waals surface area contributed by atoms with E-state index >= 15 is 0 Å². The summed E-state index contributed by atoms with van der Waals surface area (Å²) in [6, 6.07) is 6.23. The molecule has 1 amide bonds.